The molecule has 4 nitrogen and oxygen atoms in total. The van der Waals surface area contributed by atoms with Gasteiger partial charge in [0.05, 0.1) is 11.7 Å². The zero-order valence-electron chi connectivity index (χ0n) is 12.5. The lowest BCUT2D eigenvalue weighted by Gasteiger charge is -2.18. The highest BCUT2D eigenvalue weighted by Gasteiger charge is 2.13. The Morgan fingerprint density at radius 2 is 1.95 bits per heavy atom. The Balaban J connectivity index is 1.67. The second-order valence-electron chi connectivity index (χ2n) is 5.80. The van der Waals surface area contributed by atoms with E-state index in [2.05, 4.69) is 37.4 Å². The zero-order valence-corrected chi connectivity index (χ0v) is 12.5. The molecule has 2 rings (SSSR count). The monoisotopic (exact) mass is 273 g/mol. The molecule has 0 spiro atoms. The molecule has 0 aliphatic carbocycles. The lowest BCUT2D eigenvalue weighted by atomic mass is 10.1. The number of rotatable bonds is 6. The average molecular weight is 273 g/mol. The SMILES string of the molecule is CC(C)(C)n1cc(CNCCOc2ccccc2)cn1. The lowest BCUT2D eigenvalue weighted by molar-refractivity contribution is 0.313. The molecule has 0 atom stereocenters. The smallest absolute Gasteiger partial charge is 0.119 e. The van der Waals surface area contributed by atoms with Gasteiger partial charge in [0.15, 0.2) is 0 Å². The first kappa shape index (κ1) is 14.6. The molecule has 0 aliphatic heterocycles. The summed E-state index contributed by atoms with van der Waals surface area (Å²) in [4.78, 5) is 0. The van der Waals surface area contributed by atoms with Crippen LogP contribution in [0.2, 0.25) is 0 Å². The summed E-state index contributed by atoms with van der Waals surface area (Å²) in [7, 11) is 0. The van der Waals surface area contributed by atoms with Crippen LogP contribution in [0.3, 0.4) is 0 Å². The molecule has 1 heterocycles. The van der Waals surface area contributed by atoms with Gasteiger partial charge in [-0.3, -0.25) is 4.68 Å². The fourth-order valence-corrected chi connectivity index (χ4v) is 1.81. The van der Waals surface area contributed by atoms with E-state index in [1.807, 2.05) is 41.2 Å². The maximum Gasteiger partial charge on any atom is 0.119 e. The third kappa shape index (κ3) is 4.38. The van der Waals surface area contributed by atoms with Crippen molar-refractivity contribution in [2.24, 2.45) is 0 Å². The summed E-state index contributed by atoms with van der Waals surface area (Å²) >= 11 is 0. The van der Waals surface area contributed by atoms with Crippen molar-refractivity contribution in [3.05, 3.63) is 48.3 Å². The van der Waals surface area contributed by atoms with Gasteiger partial charge in [0.2, 0.25) is 0 Å². The van der Waals surface area contributed by atoms with Crippen molar-refractivity contribution in [3.8, 4) is 5.75 Å². The first-order valence-electron chi connectivity index (χ1n) is 6.98. The molecule has 0 saturated heterocycles. The quantitative estimate of drug-likeness (QED) is 0.823. The minimum atomic E-state index is 0.0364. The summed E-state index contributed by atoms with van der Waals surface area (Å²) in [5.41, 5.74) is 1.23. The Kier molecular flexibility index (Phi) is 4.79. The van der Waals surface area contributed by atoms with E-state index in [0.717, 1.165) is 18.8 Å². The van der Waals surface area contributed by atoms with Crippen molar-refractivity contribution >= 4 is 0 Å². The molecule has 1 aromatic heterocycles. The van der Waals surface area contributed by atoms with Gasteiger partial charge >= 0.3 is 0 Å². The van der Waals surface area contributed by atoms with Gasteiger partial charge in [0.1, 0.15) is 12.4 Å². The molecule has 2 aromatic rings. The summed E-state index contributed by atoms with van der Waals surface area (Å²) in [6, 6.07) is 9.87. The third-order valence-corrected chi connectivity index (χ3v) is 2.94. The highest BCUT2D eigenvalue weighted by atomic mass is 16.5. The third-order valence-electron chi connectivity index (χ3n) is 2.94. The number of nitrogens with zero attached hydrogens (tertiary/aromatic N) is 2. The van der Waals surface area contributed by atoms with E-state index in [9.17, 15) is 0 Å². The van der Waals surface area contributed by atoms with Crippen molar-refractivity contribution in [1.29, 1.82) is 0 Å². The number of ether oxygens (including phenoxy) is 1. The minimum Gasteiger partial charge on any atom is -0.492 e. The fraction of sp³-hybridized carbons (Fsp3) is 0.438. The molecule has 108 valence electrons. The standard InChI is InChI=1S/C16H23N3O/c1-16(2,3)19-13-14(12-18-19)11-17-9-10-20-15-7-5-4-6-8-15/h4-8,12-13,17H,9-11H2,1-3H3. The van der Waals surface area contributed by atoms with E-state index < -0.39 is 0 Å². The predicted octanol–water partition coefficient (Wildman–Crippen LogP) is 2.81. The Labute approximate surface area is 120 Å². The molecule has 0 bridgehead atoms. The van der Waals surface area contributed by atoms with Gasteiger partial charge in [-0.1, -0.05) is 18.2 Å². The number of hydrogen-bond acceptors (Lipinski definition) is 3. The molecule has 4 heteroatoms. The van der Waals surface area contributed by atoms with Crippen LogP contribution < -0.4 is 10.1 Å². The van der Waals surface area contributed by atoms with E-state index in [0.29, 0.717) is 6.61 Å². The molecule has 20 heavy (non-hydrogen) atoms. The molecule has 0 unspecified atom stereocenters. The molecule has 0 saturated carbocycles. The molecule has 0 fully saturated rings. The van der Waals surface area contributed by atoms with E-state index >= 15 is 0 Å². The average Bonchev–Trinajstić information content (AvgIpc) is 2.88. The van der Waals surface area contributed by atoms with Gasteiger partial charge in [0.25, 0.3) is 0 Å². The second-order valence-corrected chi connectivity index (χ2v) is 5.80. The van der Waals surface area contributed by atoms with Crippen LogP contribution in [0.25, 0.3) is 0 Å². The van der Waals surface area contributed by atoms with Crippen LogP contribution in [-0.2, 0) is 12.1 Å². The van der Waals surface area contributed by atoms with Crippen LogP contribution in [-0.4, -0.2) is 22.9 Å². The molecular formula is C16H23N3O. The topological polar surface area (TPSA) is 39.1 Å². The van der Waals surface area contributed by atoms with Gasteiger partial charge in [-0.15, -0.1) is 0 Å². The lowest BCUT2D eigenvalue weighted by Crippen LogP contribution is -2.22. The van der Waals surface area contributed by atoms with E-state index in [-0.39, 0.29) is 5.54 Å². The molecule has 0 amide bonds. The number of para-hydroxylation sites is 1. The summed E-state index contributed by atoms with van der Waals surface area (Å²) in [6.45, 7) is 8.72. The van der Waals surface area contributed by atoms with Crippen molar-refractivity contribution in [2.45, 2.75) is 32.9 Å². The molecular weight excluding hydrogens is 250 g/mol. The van der Waals surface area contributed by atoms with Crippen molar-refractivity contribution in [1.82, 2.24) is 15.1 Å². The normalized spacial score (nSPS) is 11.6. The summed E-state index contributed by atoms with van der Waals surface area (Å²) < 4.78 is 7.61. The number of nitrogens with one attached hydrogen (secondary N) is 1. The Morgan fingerprint density at radius 1 is 1.20 bits per heavy atom. The van der Waals surface area contributed by atoms with Crippen molar-refractivity contribution in [2.75, 3.05) is 13.2 Å². The highest BCUT2D eigenvalue weighted by Crippen LogP contribution is 2.13. The van der Waals surface area contributed by atoms with Crippen molar-refractivity contribution in [3.63, 3.8) is 0 Å². The van der Waals surface area contributed by atoms with Crippen molar-refractivity contribution < 1.29 is 4.74 Å². The van der Waals surface area contributed by atoms with Crippen LogP contribution in [0.15, 0.2) is 42.7 Å². The van der Waals surface area contributed by atoms with Crippen LogP contribution in [0.4, 0.5) is 0 Å². The second kappa shape index (κ2) is 6.57. The minimum absolute atomic E-state index is 0.0364. The molecule has 1 N–H and O–H groups in total. The summed E-state index contributed by atoms with van der Waals surface area (Å²) in [5, 5.41) is 7.74. The number of benzene rings is 1. The summed E-state index contributed by atoms with van der Waals surface area (Å²) in [5.74, 6) is 0.912. The number of aromatic nitrogens is 2. The zero-order chi connectivity index (χ0) is 14.4. The van der Waals surface area contributed by atoms with E-state index in [1.54, 1.807) is 0 Å². The molecule has 1 aromatic carbocycles. The Morgan fingerprint density at radius 3 is 2.60 bits per heavy atom. The number of hydrogen-bond donors (Lipinski definition) is 1. The van der Waals surface area contributed by atoms with Crippen LogP contribution >= 0.6 is 0 Å². The maximum atomic E-state index is 5.62. The first-order valence-corrected chi connectivity index (χ1v) is 6.98. The Bertz CT molecular complexity index is 514. The van der Waals surface area contributed by atoms with Crippen LogP contribution in [0.1, 0.15) is 26.3 Å². The maximum absolute atomic E-state index is 5.62. The Hall–Kier alpha value is -1.81. The van der Waals surface area contributed by atoms with Gasteiger partial charge in [-0.2, -0.15) is 5.10 Å². The first-order chi connectivity index (χ1) is 9.55. The molecule has 0 aliphatic rings. The molecule has 0 radical (unpaired) electrons. The van der Waals surface area contributed by atoms with E-state index in [4.69, 9.17) is 4.74 Å². The van der Waals surface area contributed by atoms with Gasteiger partial charge in [0, 0.05) is 24.8 Å². The predicted molar refractivity (Wildman–Crippen MR) is 80.9 cm³/mol. The van der Waals surface area contributed by atoms with Crippen LogP contribution in [0.5, 0.6) is 5.75 Å². The highest BCUT2D eigenvalue weighted by molar-refractivity contribution is 5.20. The fourth-order valence-electron chi connectivity index (χ4n) is 1.81. The van der Waals surface area contributed by atoms with Crippen LogP contribution in [0, 0.1) is 0 Å². The van der Waals surface area contributed by atoms with Gasteiger partial charge < -0.3 is 10.1 Å². The van der Waals surface area contributed by atoms with Gasteiger partial charge in [-0.05, 0) is 32.9 Å². The summed E-state index contributed by atoms with van der Waals surface area (Å²) in [6.07, 6.45) is 4.00. The largest absolute Gasteiger partial charge is 0.492 e. The van der Waals surface area contributed by atoms with E-state index in [1.165, 1.54) is 5.56 Å². The van der Waals surface area contributed by atoms with Gasteiger partial charge in [-0.25, -0.2) is 0 Å².